The Morgan fingerprint density at radius 2 is 1.35 bits per heavy atom. The highest BCUT2D eigenvalue weighted by atomic mass is 79.9. The van der Waals surface area contributed by atoms with E-state index in [9.17, 15) is 9.59 Å². The summed E-state index contributed by atoms with van der Waals surface area (Å²) in [5.74, 6) is 0.481. The number of rotatable bonds is 3. The highest BCUT2D eigenvalue weighted by Gasteiger charge is 2.21. The number of carbonyl (C=O) groups excluding carboxylic acids is 2. The molecule has 2 aromatic rings. The number of allylic oxidation sites excluding steroid dienone is 1. The summed E-state index contributed by atoms with van der Waals surface area (Å²) in [6.45, 7) is 11.5. The van der Waals surface area contributed by atoms with E-state index in [2.05, 4.69) is 84.9 Å². The molecule has 0 spiro atoms. The van der Waals surface area contributed by atoms with E-state index in [1.807, 2.05) is 23.1 Å². The SMILES string of the molecule is CC(=O)N1CCN(C)CC1.CN1CCN(CCC2=CCc3c(Br)cccc32)CC1.O=C1CCc2c(Br)cccc21. The van der Waals surface area contributed by atoms with Gasteiger partial charge in [0.05, 0.1) is 0 Å². The predicted octanol–water partition coefficient (Wildman–Crippen LogP) is 5.38. The molecule has 0 aromatic heterocycles. The van der Waals surface area contributed by atoms with Gasteiger partial charge in [-0.05, 0) is 67.8 Å². The van der Waals surface area contributed by atoms with Gasteiger partial charge in [0.2, 0.25) is 5.91 Å². The summed E-state index contributed by atoms with van der Waals surface area (Å²) in [6, 6.07) is 12.4. The van der Waals surface area contributed by atoms with Gasteiger partial charge in [-0.3, -0.25) is 9.59 Å². The Morgan fingerprint density at radius 3 is 1.95 bits per heavy atom. The monoisotopic (exact) mass is 672 g/mol. The summed E-state index contributed by atoms with van der Waals surface area (Å²) in [5, 5.41) is 0. The Balaban J connectivity index is 0.000000150. The zero-order valence-corrected chi connectivity index (χ0v) is 27.3. The van der Waals surface area contributed by atoms with Crippen molar-refractivity contribution < 1.29 is 9.59 Å². The molecule has 6 nitrogen and oxygen atoms in total. The molecule has 216 valence electrons. The molecular weight excluding hydrogens is 632 g/mol. The molecule has 6 rings (SSSR count). The smallest absolute Gasteiger partial charge is 0.219 e. The summed E-state index contributed by atoms with van der Waals surface area (Å²) in [7, 11) is 4.29. The first-order valence-electron chi connectivity index (χ1n) is 14.3. The van der Waals surface area contributed by atoms with Gasteiger partial charge in [-0.25, -0.2) is 0 Å². The van der Waals surface area contributed by atoms with Gasteiger partial charge in [0.15, 0.2) is 5.78 Å². The van der Waals surface area contributed by atoms with Crippen molar-refractivity contribution in [2.24, 2.45) is 0 Å². The van der Waals surface area contributed by atoms with Crippen molar-refractivity contribution in [2.75, 3.05) is 73.0 Å². The van der Waals surface area contributed by atoms with E-state index in [1.54, 1.807) is 6.92 Å². The maximum absolute atomic E-state index is 11.2. The molecule has 0 atom stereocenters. The van der Waals surface area contributed by atoms with Crippen LogP contribution in [0, 0.1) is 0 Å². The van der Waals surface area contributed by atoms with Crippen molar-refractivity contribution in [1.29, 1.82) is 0 Å². The van der Waals surface area contributed by atoms with Crippen LogP contribution in [0.3, 0.4) is 0 Å². The van der Waals surface area contributed by atoms with Crippen molar-refractivity contribution in [3.05, 3.63) is 73.7 Å². The number of hydrogen-bond acceptors (Lipinski definition) is 5. The average Bonchev–Trinajstić information content (AvgIpc) is 3.54. The highest BCUT2D eigenvalue weighted by molar-refractivity contribution is 9.10. The number of carbonyl (C=O) groups is 2. The lowest BCUT2D eigenvalue weighted by atomic mass is 10.0. The van der Waals surface area contributed by atoms with Crippen LogP contribution in [0.1, 0.15) is 46.8 Å². The van der Waals surface area contributed by atoms with Gasteiger partial charge in [0.1, 0.15) is 0 Å². The molecule has 1 amide bonds. The number of Topliss-reactive ketones (excluding diaryl/α,β-unsaturated/α-hetero) is 1. The third kappa shape index (κ3) is 8.35. The molecule has 2 aliphatic carbocycles. The maximum atomic E-state index is 11.2. The van der Waals surface area contributed by atoms with Gasteiger partial charge >= 0.3 is 0 Å². The highest BCUT2D eigenvalue weighted by Crippen LogP contribution is 2.34. The molecule has 4 aliphatic rings. The van der Waals surface area contributed by atoms with Crippen molar-refractivity contribution in [3.8, 4) is 0 Å². The minimum Gasteiger partial charge on any atom is -0.340 e. The summed E-state index contributed by atoms with van der Waals surface area (Å²) in [6.07, 6.45) is 6.26. The van der Waals surface area contributed by atoms with Crippen LogP contribution >= 0.6 is 31.9 Å². The van der Waals surface area contributed by atoms with Gasteiger partial charge in [-0.2, -0.15) is 0 Å². The Bertz CT molecular complexity index is 1220. The molecule has 40 heavy (non-hydrogen) atoms. The van der Waals surface area contributed by atoms with Crippen LogP contribution < -0.4 is 0 Å². The normalized spacial score (nSPS) is 19.2. The van der Waals surface area contributed by atoms with Gasteiger partial charge in [0.25, 0.3) is 0 Å². The van der Waals surface area contributed by atoms with E-state index in [0.29, 0.717) is 6.42 Å². The first kappa shape index (κ1) is 31.1. The number of ketones is 1. The van der Waals surface area contributed by atoms with E-state index < -0.39 is 0 Å². The molecule has 0 unspecified atom stereocenters. The van der Waals surface area contributed by atoms with E-state index in [0.717, 1.165) is 49.1 Å². The predicted molar refractivity (Wildman–Crippen MR) is 171 cm³/mol. The van der Waals surface area contributed by atoms with Gasteiger partial charge < -0.3 is 19.6 Å². The lowest BCUT2D eigenvalue weighted by Gasteiger charge is -2.32. The van der Waals surface area contributed by atoms with Crippen LogP contribution in [0.15, 0.2) is 51.4 Å². The minimum atomic E-state index is 0.202. The largest absolute Gasteiger partial charge is 0.340 e. The number of amides is 1. The molecule has 0 radical (unpaired) electrons. The number of benzene rings is 2. The number of halogens is 2. The lowest BCUT2D eigenvalue weighted by Crippen LogP contribution is -2.46. The van der Waals surface area contributed by atoms with Crippen LogP contribution in [0.4, 0.5) is 0 Å². The van der Waals surface area contributed by atoms with Crippen molar-refractivity contribution in [1.82, 2.24) is 19.6 Å². The third-order valence-electron chi connectivity index (χ3n) is 8.28. The molecule has 0 bridgehead atoms. The summed E-state index contributed by atoms with van der Waals surface area (Å²) in [4.78, 5) is 31.1. The first-order valence-corrected chi connectivity index (χ1v) is 15.9. The average molecular weight is 675 g/mol. The maximum Gasteiger partial charge on any atom is 0.219 e. The second-order valence-corrected chi connectivity index (χ2v) is 12.8. The Kier molecular flexibility index (Phi) is 11.6. The fourth-order valence-electron chi connectivity index (χ4n) is 5.56. The van der Waals surface area contributed by atoms with Crippen LogP contribution in [-0.4, -0.2) is 104 Å². The van der Waals surface area contributed by atoms with Crippen LogP contribution in [0.2, 0.25) is 0 Å². The molecule has 2 aromatic carbocycles. The Hall–Kier alpha value is -1.84. The second-order valence-electron chi connectivity index (χ2n) is 11.1. The number of likely N-dealkylation sites (N-methyl/N-ethyl adjacent to an activating group) is 2. The van der Waals surface area contributed by atoms with Gasteiger partial charge in [0, 0.05) is 86.8 Å². The minimum absolute atomic E-state index is 0.202. The fourth-order valence-corrected chi connectivity index (χ4v) is 6.65. The van der Waals surface area contributed by atoms with E-state index in [-0.39, 0.29) is 11.7 Å². The van der Waals surface area contributed by atoms with Crippen LogP contribution in [-0.2, 0) is 17.6 Å². The second kappa shape index (κ2) is 14.9. The lowest BCUT2D eigenvalue weighted by molar-refractivity contribution is -0.130. The number of piperazine rings is 2. The molecule has 2 aliphatic heterocycles. The molecular formula is C32H42Br2N4O2. The van der Waals surface area contributed by atoms with Crippen molar-refractivity contribution in [2.45, 2.75) is 32.6 Å². The van der Waals surface area contributed by atoms with Gasteiger partial charge in [-0.15, -0.1) is 0 Å². The zero-order chi connectivity index (χ0) is 28.6. The van der Waals surface area contributed by atoms with Crippen LogP contribution in [0.25, 0.3) is 5.57 Å². The topological polar surface area (TPSA) is 47.1 Å². The van der Waals surface area contributed by atoms with Crippen molar-refractivity contribution in [3.63, 3.8) is 0 Å². The number of nitrogens with zero attached hydrogens (tertiary/aromatic N) is 4. The standard InChI is InChI=1S/C16H21BrN2.C9H7BrO.C7H14N2O/c1-18-9-11-19(12-10-18)8-7-13-5-6-15-14(13)3-2-4-16(15)17;10-8-3-1-2-7-6(8)4-5-9(7)11;1-7(10)9-5-3-8(2)4-6-9/h2-5H,6-12H2,1H3;1-3H,4-5H2;3-6H2,1-2H3. The molecule has 8 heteroatoms. The summed E-state index contributed by atoms with van der Waals surface area (Å²) in [5.41, 5.74) is 6.55. The van der Waals surface area contributed by atoms with Crippen LogP contribution in [0.5, 0.6) is 0 Å². The molecule has 0 N–H and O–H groups in total. The number of fused-ring (bicyclic) bond motifs is 2. The van der Waals surface area contributed by atoms with Crippen molar-refractivity contribution >= 4 is 49.1 Å². The summed E-state index contributed by atoms with van der Waals surface area (Å²) >= 11 is 7.08. The Labute approximate surface area is 256 Å². The zero-order valence-electron chi connectivity index (χ0n) is 24.1. The number of hydrogen-bond donors (Lipinski definition) is 0. The molecule has 2 fully saturated rings. The van der Waals surface area contributed by atoms with E-state index in [4.69, 9.17) is 0 Å². The Morgan fingerprint density at radius 1 is 0.775 bits per heavy atom. The molecule has 2 saturated heterocycles. The van der Waals surface area contributed by atoms with Gasteiger partial charge in [-0.1, -0.05) is 62.2 Å². The summed E-state index contributed by atoms with van der Waals surface area (Å²) < 4.78 is 2.33. The van der Waals surface area contributed by atoms with E-state index in [1.165, 1.54) is 65.9 Å². The third-order valence-corrected chi connectivity index (χ3v) is 9.77. The molecule has 0 saturated carbocycles. The first-order chi connectivity index (χ1) is 19.2. The molecule has 2 heterocycles. The fraction of sp³-hybridized carbons (Fsp3) is 0.500. The van der Waals surface area contributed by atoms with E-state index >= 15 is 0 Å². The quantitative estimate of drug-likeness (QED) is 0.438.